The number of carboxylic acids is 1. The quantitative estimate of drug-likeness (QED) is 0.490. The molecule has 8 heteroatoms. The van der Waals surface area contributed by atoms with Crippen molar-refractivity contribution in [3.63, 3.8) is 0 Å². The topological polar surface area (TPSA) is 113 Å². The molecule has 0 aromatic heterocycles. The van der Waals surface area contributed by atoms with Gasteiger partial charge < -0.3 is 10.4 Å². The van der Waals surface area contributed by atoms with Gasteiger partial charge in [-0.1, -0.05) is 0 Å². The zero-order valence-corrected chi connectivity index (χ0v) is 9.58. The maximum Gasteiger partial charge on any atom is 0.307 e. The predicted molar refractivity (Wildman–Crippen MR) is 55.1 cm³/mol. The largest absolute Gasteiger partial charge is 0.481 e. The van der Waals surface area contributed by atoms with Crippen molar-refractivity contribution in [1.29, 1.82) is 0 Å². The summed E-state index contributed by atoms with van der Waals surface area (Å²) < 4.78 is 23.5. The number of carbonyl (C=O) groups excluding carboxylic acids is 1. The van der Waals surface area contributed by atoms with E-state index in [0.29, 0.717) is 6.42 Å². The maximum absolute atomic E-state index is 11.3. The first-order valence-corrected chi connectivity index (χ1v) is 6.65. The van der Waals surface area contributed by atoms with E-state index in [1.165, 1.54) is 0 Å². The fourth-order valence-electron chi connectivity index (χ4n) is 1.31. The molecule has 1 rings (SSSR count). The van der Waals surface area contributed by atoms with Crippen LogP contribution in [0.3, 0.4) is 0 Å². The van der Waals surface area contributed by atoms with Crippen LogP contribution in [0.5, 0.6) is 0 Å². The summed E-state index contributed by atoms with van der Waals surface area (Å²) in [5, 5.41) is 11.1. The fourth-order valence-corrected chi connectivity index (χ4v) is 1.78. The van der Waals surface area contributed by atoms with Crippen molar-refractivity contribution in [1.82, 2.24) is 10.0 Å². The van der Waals surface area contributed by atoms with Crippen molar-refractivity contribution in [2.75, 3.05) is 19.3 Å². The highest BCUT2D eigenvalue weighted by Gasteiger charge is 2.48. The summed E-state index contributed by atoms with van der Waals surface area (Å²) in [4.78, 5) is 21.8. The minimum absolute atomic E-state index is 0.106. The molecule has 0 aliphatic heterocycles. The van der Waals surface area contributed by atoms with Crippen LogP contribution < -0.4 is 10.0 Å². The molecule has 0 heterocycles. The zero-order valence-electron chi connectivity index (χ0n) is 8.76. The highest BCUT2D eigenvalue weighted by Crippen LogP contribution is 2.38. The molecule has 1 aliphatic carbocycles. The number of sulfonamides is 1. The van der Waals surface area contributed by atoms with Gasteiger partial charge in [-0.25, -0.2) is 13.1 Å². The molecule has 0 bridgehead atoms. The lowest BCUT2D eigenvalue weighted by Crippen LogP contribution is -2.35. The van der Waals surface area contributed by atoms with Gasteiger partial charge in [0.05, 0.1) is 18.1 Å². The Kier molecular flexibility index (Phi) is 3.87. The number of hydrogen-bond donors (Lipinski definition) is 3. The second-order valence-corrected chi connectivity index (χ2v) is 5.58. The first-order chi connectivity index (χ1) is 7.31. The van der Waals surface area contributed by atoms with Crippen molar-refractivity contribution in [2.45, 2.75) is 6.42 Å². The van der Waals surface area contributed by atoms with Crippen molar-refractivity contribution < 1.29 is 23.1 Å². The van der Waals surface area contributed by atoms with Gasteiger partial charge in [-0.05, 0) is 6.42 Å². The third kappa shape index (κ3) is 4.15. The van der Waals surface area contributed by atoms with Crippen molar-refractivity contribution in [3.05, 3.63) is 0 Å². The van der Waals surface area contributed by atoms with Gasteiger partial charge >= 0.3 is 5.97 Å². The molecule has 1 saturated carbocycles. The lowest BCUT2D eigenvalue weighted by molar-refractivity contribution is -0.140. The van der Waals surface area contributed by atoms with E-state index in [0.717, 1.165) is 6.26 Å². The van der Waals surface area contributed by atoms with Gasteiger partial charge in [-0.2, -0.15) is 0 Å². The second-order valence-electron chi connectivity index (χ2n) is 3.74. The zero-order chi connectivity index (χ0) is 12.3. The first-order valence-electron chi connectivity index (χ1n) is 4.76. The Balaban J connectivity index is 2.16. The summed E-state index contributed by atoms with van der Waals surface area (Å²) in [6.45, 7) is 0.268. The molecular weight excluding hydrogens is 236 g/mol. The fraction of sp³-hybridized carbons (Fsp3) is 0.750. The molecule has 0 radical (unpaired) electrons. The van der Waals surface area contributed by atoms with E-state index in [2.05, 4.69) is 10.0 Å². The Bertz CT molecular complexity index is 391. The molecule has 1 fully saturated rings. The number of aliphatic carboxylic acids is 1. The molecule has 0 unspecified atom stereocenters. The molecule has 1 aliphatic rings. The average molecular weight is 250 g/mol. The van der Waals surface area contributed by atoms with E-state index in [-0.39, 0.29) is 19.0 Å². The van der Waals surface area contributed by atoms with E-state index < -0.39 is 27.8 Å². The van der Waals surface area contributed by atoms with Crippen LogP contribution in [0.15, 0.2) is 0 Å². The van der Waals surface area contributed by atoms with Gasteiger partial charge in [0.1, 0.15) is 0 Å². The molecule has 2 atom stereocenters. The summed E-state index contributed by atoms with van der Waals surface area (Å²) in [6.07, 6.45) is 1.39. The minimum Gasteiger partial charge on any atom is -0.481 e. The minimum atomic E-state index is -3.25. The molecule has 16 heavy (non-hydrogen) atoms. The molecule has 0 aromatic rings. The molecule has 0 saturated heterocycles. The van der Waals surface area contributed by atoms with E-state index in [4.69, 9.17) is 5.11 Å². The molecule has 3 N–H and O–H groups in total. The van der Waals surface area contributed by atoms with Crippen LogP contribution >= 0.6 is 0 Å². The van der Waals surface area contributed by atoms with Crippen LogP contribution in [0.2, 0.25) is 0 Å². The normalized spacial score (nSPS) is 23.8. The number of amides is 1. The average Bonchev–Trinajstić information content (AvgIpc) is 2.89. The number of hydrogen-bond acceptors (Lipinski definition) is 4. The van der Waals surface area contributed by atoms with Gasteiger partial charge in [-0.15, -0.1) is 0 Å². The monoisotopic (exact) mass is 250 g/mol. The molecule has 0 aromatic carbocycles. The lowest BCUT2D eigenvalue weighted by Gasteiger charge is -2.04. The van der Waals surface area contributed by atoms with Gasteiger partial charge in [0.15, 0.2) is 0 Å². The van der Waals surface area contributed by atoms with Gasteiger partial charge in [-0.3, -0.25) is 9.59 Å². The molecule has 92 valence electrons. The summed E-state index contributed by atoms with van der Waals surface area (Å²) in [5.41, 5.74) is 0. The Morgan fingerprint density at radius 1 is 1.31 bits per heavy atom. The summed E-state index contributed by atoms with van der Waals surface area (Å²) >= 11 is 0. The van der Waals surface area contributed by atoms with E-state index in [9.17, 15) is 18.0 Å². The van der Waals surface area contributed by atoms with Gasteiger partial charge in [0.2, 0.25) is 15.9 Å². The number of nitrogens with one attached hydrogen (secondary N) is 2. The summed E-state index contributed by atoms with van der Waals surface area (Å²) in [7, 11) is -3.25. The molecule has 1 amide bonds. The van der Waals surface area contributed by atoms with Crippen LogP contribution in [0, 0.1) is 11.8 Å². The van der Waals surface area contributed by atoms with E-state index in [1.807, 2.05) is 0 Å². The first kappa shape index (κ1) is 12.9. The lowest BCUT2D eigenvalue weighted by atomic mass is 10.3. The van der Waals surface area contributed by atoms with Crippen LogP contribution in [0.1, 0.15) is 6.42 Å². The highest BCUT2D eigenvalue weighted by atomic mass is 32.2. The smallest absolute Gasteiger partial charge is 0.307 e. The third-order valence-electron chi connectivity index (χ3n) is 2.23. The van der Waals surface area contributed by atoms with Gasteiger partial charge in [0, 0.05) is 13.1 Å². The summed E-state index contributed by atoms with van der Waals surface area (Å²) in [5.74, 6) is -2.34. The third-order valence-corrected chi connectivity index (χ3v) is 2.96. The second kappa shape index (κ2) is 4.79. The predicted octanol–water partition coefficient (Wildman–Crippen LogP) is -1.63. The van der Waals surface area contributed by atoms with Crippen LogP contribution in [0.4, 0.5) is 0 Å². The van der Waals surface area contributed by atoms with Gasteiger partial charge in [0.25, 0.3) is 0 Å². The number of carbonyl (C=O) groups is 2. The van der Waals surface area contributed by atoms with Crippen molar-refractivity contribution >= 4 is 21.9 Å². The van der Waals surface area contributed by atoms with Crippen molar-refractivity contribution in [2.24, 2.45) is 11.8 Å². The highest BCUT2D eigenvalue weighted by molar-refractivity contribution is 7.88. The van der Waals surface area contributed by atoms with Crippen LogP contribution in [0.25, 0.3) is 0 Å². The standard InChI is InChI=1S/C8H14N2O5S/c1-16(14,15)10-3-2-9-7(11)5-4-6(5)8(12)13/h5-6,10H,2-4H2,1H3,(H,9,11)(H,12,13)/t5-,6+/m1/s1. The number of rotatable bonds is 6. The van der Waals surface area contributed by atoms with E-state index >= 15 is 0 Å². The van der Waals surface area contributed by atoms with Crippen molar-refractivity contribution in [3.8, 4) is 0 Å². The molecule has 0 spiro atoms. The summed E-state index contributed by atoms with van der Waals surface area (Å²) in [6, 6.07) is 0. The SMILES string of the molecule is CS(=O)(=O)NCCNC(=O)[C@@H]1C[C@@H]1C(=O)O. The van der Waals surface area contributed by atoms with E-state index in [1.54, 1.807) is 0 Å². The Morgan fingerprint density at radius 3 is 2.38 bits per heavy atom. The molecular formula is C8H14N2O5S. The Morgan fingerprint density at radius 2 is 1.94 bits per heavy atom. The van der Waals surface area contributed by atoms with Crippen LogP contribution in [-0.4, -0.2) is 44.7 Å². The Labute approximate surface area is 93.3 Å². The Hall–Kier alpha value is -1.15. The van der Waals surface area contributed by atoms with Crippen LogP contribution in [-0.2, 0) is 19.6 Å². The molecule has 7 nitrogen and oxygen atoms in total. The maximum atomic E-state index is 11.3. The number of carboxylic acid groups (broad SMARTS) is 1.